The van der Waals surface area contributed by atoms with E-state index in [-0.39, 0.29) is 48.7 Å². The summed E-state index contributed by atoms with van der Waals surface area (Å²) in [7, 11) is 0. The summed E-state index contributed by atoms with van der Waals surface area (Å²) in [5, 5.41) is 9.49. The van der Waals surface area contributed by atoms with Crippen molar-refractivity contribution in [3.63, 3.8) is 0 Å². The Hall–Kier alpha value is 0.220. The van der Waals surface area contributed by atoms with Gasteiger partial charge in [0.05, 0.1) is 0 Å². The van der Waals surface area contributed by atoms with Crippen LogP contribution < -0.4 is 5.11 Å². The van der Waals surface area contributed by atoms with E-state index in [0.717, 1.165) is 0 Å². The molecule has 0 aliphatic rings. The van der Waals surface area contributed by atoms with Gasteiger partial charge in [-0.15, -0.1) is 0 Å². The van der Waals surface area contributed by atoms with Gasteiger partial charge >= 0.3 is 25.8 Å². The topological polar surface area (TPSA) is 130 Å². The number of hydrogen-bond acceptors (Lipinski definition) is 5. The van der Waals surface area contributed by atoms with E-state index >= 15 is 0 Å². The van der Waals surface area contributed by atoms with Crippen molar-refractivity contribution in [2.45, 2.75) is 19.8 Å². The molecule has 0 aliphatic carbocycles. The van der Waals surface area contributed by atoms with E-state index in [4.69, 9.17) is 0 Å². The molecule has 5 nitrogen and oxygen atoms in total. The summed E-state index contributed by atoms with van der Waals surface area (Å²) in [5.74, 6) is -0.961. The van der Waals surface area contributed by atoms with Crippen LogP contribution in [0.15, 0.2) is 0 Å². The second kappa shape index (κ2) is 22.9. The zero-order valence-corrected chi connectivity index (χ0v) is 9.17. The minimum Gasteiger partial charge on any atom is -0.870 e. The maximum Gasteiger partial charge on any atom is 4.00 e. The summed E-state index contributed by atoms with van der Waals surface area (Å²) < 4.78 is 0. The van der Waals surface area contributed by atoms with Crippen molar-refractivity contribution in [1.29, 1.82) is 0 Å². The molecular formula is C4H10HfO5. The van der Waals surface area contributed by atoms with Crippen molar-refractivity contribution in [3.05, 3.63) is 0 Å². The molecule has 3 N–H and O–H groups in total. The number of aliphatic carboxylic acids is 1. The summed E-state index contributed by atoms with van der Waals surface area (Å²) in [6.07, 6.45) is 0.850. The van der Waals surface area contributed by atoms with Gasteiger partial charge in [-0.1, -0.05) is 13.3 Å². The average molecular weight is 317 g/mol. The van der Waals surface area contributed by atoms with E-state index in [9.17, 15) is 9.90 Å². The van der Waals surface area contributed by atoms with Crippen LogP contribution in [0.5, 0.6) is 0 Å². The van der Waals surface area contributed by atoms with Gasteiger partial charge in [-0.2, -0.15) is 0 Å². The normalized spacial score (nSPS) is 4.90. The molecule has 0 atom stereocenters. The first kappa shape index (κ1) is 31.9. The Labute approximate surface area is 78.1 Å². The maximum absolute atomic E-state index is 9.49. The van der Waals surface area contributed by atoms with Crippen molar-refractivity contribution in [2.75, 3.05) is 0 Å². The van der Waals surface area contributed by atoms with Crippen LogP contribution in [0.2, 0.25) is 0 Å². The molecule has 0 aromatic rings. The third-order valence-electron chi connectivity index (χ3n) is 0.454. The fourth-order valence-electron chi connectivity index (χ4n) is 0.204. The standard InChI is InChI=1S/C4H8O2.Hf.3H2O/c1-2-3-4(5)6;;;;/h2-3H2,1H3,(H,5,6);;3*1H2/q;+4;;;/p-4. The fraction of sp³-hybridized carbons (Fsp3) is 0.750. The number of carboxylic acids is 1. The molecule has 0 saturated carbocycles. The van der Waals surface area contributed by atoms with Crippen molar-refractivity contribution in [2.24, 2.45) is 0 Å². The SMILES string of the molecule is CCCC(=O)[O-].[Hf+4].[OH-].[OH-].[OH-]. The number of carboxylic acid groups (broad SMARTS) is 1. The predicted octanol–water partition coefficient (Wildman–Crippen LogP) is -0.996. The Morgan fingerprint density at radius 1 is 1.30 bits per heavy atom. The fourth-order valence-corrected chi connectivity index (χ4v) is 0.204. The van der Waals surface area contributed by atoms with E-state index in [1.54, 1.807) is 6.92 Å². The Morgan fingerprint density at radius 2 is 1.60 bits per heavy atom. The van der Waals surface area contributed by atoms with Gasteiger partial charge < -0.3 is 26.3 Å². The molecule has 6 heteroatoms. The molecule has 0 bridgehead atoms. The van der Waals surface area contributed by atoms with Crippen LogP contribution in [-0.4, -0.2) is 22.4 Å². The summed E-state index contributed by atoms with van der Waals surface area (Å²) in [4.78, 5) is 9.49. The van der Waals surface area contributed by atoms with Gasteiger partial charge in [0.15, 0.2) is 0 Å². The summed E-state index contributed by atoms with van der Waals surface area (Å²) in [6, 6.07) is 0. The van der Waals surface area contributed by atoms with Crippen LogP contribution >= 0.6 is 0 Å². The first-order valence-electron chi connectivity index (χ1n) is 1.97. The molecule has 60 valence electrons. The molecule has 0 radical (unpaired) electrons. The number of rotatable bonds is 2. The van der Waals surface area contributed by atoms with Crippen LogP contribution in [0.25, 0.3) is 0 Å². The van der Waals surface area contributed by atoms with Gasteiger partial charge in [-0.25, -0.2) is 0 Å². The van der Waals surface area contributed by atoms with Gasteiger partial charge in [0.25, 0.3) is 0 Å². The monoisotopic (exact) mass is 318 g/mol. The quantitative estimate of drug-likeness (QED) is 0.603. The van der Waals surface area contributed by atoms with Crippen LogP contribution in [0.1, 0.15) is 19.8 Å². The molecule has 0 saturated heterocycles. The first-order valence-corrected chi connectivity index (χ1v) is 1.97. The third-order valence-corrected chi connectivity index (χ3v) is 0.454. The van der Waals surface area contributed by atoms with Crippen molar-refractivity contribution >= 4 is 5.97 Å². The van der Waals surface area contributed by atoms with Crippen molar-refractivity contribution < 1.29 is 52.2 Å². The minimum absolute atomic E-state index is 0. The van der Waals surface area contributed by atoms with Gasteiger partial charge in [0.2, 0.25) is 0 Å². The van der Waals surface area contributed by atoms with Crippen molar-refractivity contribution in [3.8, 4) is 0 Å². The zero-order valence-electron chi connectivity index (χ0n) is 5.57. The van der Waals surface area contributed by atoms with Crippen LogP contribution in [0, 0.1) is 0 Å². The molecule has 0 aromatic carbocycles. The Balaban J connectivity index is -0.0000000208. The van der Waals surface area contributed by atoms with Crippen LogP contribution in [0.4, 0.5) is 0 Å². The molecular weight excluding hydrogens is 307 g/mol. The smallest absolute Gasteiger partial charge is 0.870 e. The summed E-state index contributed by atoms with van der Waals surface area (Å²) >= 11 is 0. The molecule has 0 spiro atoms. The average Bonchev–Trinajstić information content (AvgIpc) is 1.35. The van der Waals surface area contributed by atoms with Gasteiger partial charge in [-0.05, 0) is 6.42 Å². The van der Waals surface area contributed by atoms with E-state index in [2.05, 4.69) is 0 Å². The Kier molecular flexibility index (Phi) is 72.9. The molecule has 0 unspecified atom stereocenters. The zero-order chi connectivity index (χ0) is 4.99. The third kappa shape index (κ3) is 41.3. The molecule has 10 heavy (non-hydrogen) atoms. The maximum atomic E-state index is 9.49. The second-order valence-corrected chi connectivity index (χ2v) is 1.12. The van der Waals surface area contributed by atoms with E-state index in [1.807, 2.05) is 0 Å². The van der Waals surface area contributed by atoms with Crippen molar-refractivity contribution in [1.82, 2.24) is 0 Å². The van der Waals surface area contributed by atoms with E-state index in [1.165, 1.54) is 0 Å². The van der Waals surface area contributed by atoms with Gasteiger partial charge in [0, 0.05) is 5.97 Å². The Bertz CT molecular complexity index is 57.6. The minimum atomic E-state index is -0.961. The summed E-state index contributed by atoms with van der Waals surface area (Å²) in [6.45, 7) is 1.80. The molecule has 0 aromatic heterocycles. The van der Waals surface area contributed by atoms with Gasteiger partial charge in [0.1, 0.15) is 0 Å². The number of hydrogen-bond donors (Lipinski definition) is 0. The molecule has 0 rings (SSSR count). The van der Waals surface area contributed by atoms with Crippen LogP contribution in [-0.2, 0) is 30.6 Å². The van der Waals surface area contributed by atoms with E-state index in [0.29, 0.717) is 6.42 Å². The largest absolute Gasteiger partial charge is 4.00 e. The Morgan fingerprint density at radius 3 is 1.60 bits per heavy atom. The van der Waals surface area contributed by atoms with Crippen LogP contribution in [0.3, 0.4) is 0 Å². The van der Waals surface area contributed by atoms with E-state index < -0.39 is 5.97 Å². The molecule has 0 aliphatic heterocycles. The summed E-state index contributed by atoms with van der Waals surface area (Å²) in [5.41, 5.74) is 0. The first-order chi connectivity index (χ1) is 2.77. The second-order valence-electron chi connectivity index (χ2n) is 1.12. The molecule has 0 heterocycles. The molecule has 0 fully saturated rings. The molecule has 0 amide bonds. The number of carbonyl (C=O) groups excluding carboxylic acids is 1. The predicted molar refractivity (Wildman–Crippen MR) is 25.7 cm³/mol. The van der Waals surface area contributed by atoms with Gasteiger partial charge in [-0.3, -0.25) is 0 Å². The number of carbonyl (C=O) groups is 1.